The second-order valence-electron chi connectivity index (χ2n) is 7.15. The second kappa shape index (κ2) is 7.52. The summed E-state index contributed by atoms with van der Waals surface area (Å²) in [5.74, 6) is 0.368. The summed E-state index contributed by atoms with van der Waals surface area (Å²) in [4.78, 5) is 0. The molecule has 0 unspecified atom stereocenters. The minimum Gasteiger partial charge on any atom is -0.330 e. The molecule has 2 N–H and O–H groups in total. The van der Waals surface area contributed by atoms with Crippen LogP contribution in [0.25, 0.3) is 0 Å². The Balaban J connectivity index is 1.76. The normalized spacial score (nSPS) is 27.0. The highest BCUT2D eigenvalue weighted by Gasteiger charge is 2.41. The molecule has 1 aromatic rings. The summed E-state index contributed by atoms with van der Waals surface area (Å²) in [5.41, 5.74) is 7.14. The van der Waals surface area contributed by atoms with Crippen LogP contribution in [0.5, 0.6) is 0 Å². The van der Waals surface area contributed by atoms with E-state index in [1.165, 1.54) is 12.0 Å². The lowest BCUT2D eigenvalue weighted by atomic mass is 9.89. The van der Waals surface area contributed by atoms with Gasteiger partial charge in [0.05, 0.1) is 0 Å². The van der Waals surface area contributed by atoms with Gasteiger partial charge in [-0.05, 0) is 30.9 Å². The molecular weight excluding hydrogens is 322 g/mol. The van der Waals surface area contributed by atoms with Gasteiger partial charge in [0.1, 0.15) is 0 Å². The average molecular weight is 352 g/mol. The molecule has 0 spiro atoms. The van der Waals surface area contributed by atoms with Gasteiger partial charge in [0.25, 0.3) is 10.2 Å². The number of rotatable bonds is 5. The van der Waals surface area contributed by atoms with Gasteiger partial charge in [-0.15, -0.1) is 0 Å². The Hall–Kier alpha value is -0.950. The van der Waals surface area contributed by atoms with E-state index < -0.39 is 10.2 Å². The lowest BCUT2D eigenvalue weighted by Crippen LogP contribution is -2.46. The van der Waals surface area contributed by atoms with E-state index in [9.17, 15) is 8.42 Å². The molecule has 0 amide bonds. The van der Waals surface area contributed by atoms with Crippen LogP contribution in [0.2, 0.25) is 0 Å². The molecule has 1 saturated carbocycles. The van der Waals surface area contributed by atoms with Crippen LogP contribution in [0.1, 0.15) is 43.6 Å². The summed E-state index contributed by atoms with van der Waals surface area (Å²) < 4.78 is 29.4. The topological polar surface area (TPSA) is 66.6 Å². The number of nitrogens with two attached hydrogens (primary N) is 1. The lowest BCUT2D eigenvalue weighted by Gasteiger charge is -2.33. The van der Waals surface area contributed by atoms with Crippen molar-refractivity contribution in [2.75, 3.05) is 26.7 Å². The molecule has 1 aromatic carbocycles. The fraction of sp³-hybridized carbons (Fsp3) is 0.667. The Morgan fingerprint density at radius 3 is 2.42 bits per heavy atom. The van der Waals surface area contributed by atoms with Crippen molar-refractivity contribution in [3.8, 4) is 0 Å². The Morgan fingerprint density at radius 2 is 1.79 bits per heavy atom. The zero-order chi connectivity index (χ0) is 17.2. The predicted octanol–water partition coefficient (Wildman–Crippen LogP) is 2.17. The third-order valence-corrected chi connectivity index (χ3v) is 7.69. The molecular formula is C18H29N3O2S. The van der Waals surface area contributed by atoms with E-state index in [2.05, 4.69) is 12.1 Å². The Labute approximate surface area is 146 Å². The Morgan fingerprint density at radius 1 is 1.12 bits per heavy atom. The van der Waals surface area contributed by atoms with Gasteiger partial charge in [0.2, 0.25) is 0 Å². The van der Waals surface area contributed by atoms with Gasteiger partial charge in [-0.25, -0.2) is 0 Å². The van der Waals surface area contributed by atoms with Crippen LogP contribution >= 0.6 is 0 Å². The fourth-order valence-corrected chi connectivity index (χ4v) is 5.83. The van der Waals surface area contributed by atoms with E-state index in [0.29, 0.717) is 19.6 Å². The summed E-state index contributed by atoms with van der Waals surface area (Å²) in [5, 5.41) is 0. The van der Waals surface area contributed by atoms with Crippen molar-refractivity contribution in [3.05, 3.63) is 35.9 Å². The van der Waals surface area contributed by atoms with Crippen molar-refractivity contribution < 1.29 is 8.42 Å². The number of hydrogen-bond acceptors (Lipinski definition) is 3. The Bertz CT molecular complexity index is 629. The second-order valence-corrected chi connectivity index (χ2v) is 9.13. The van der Waals surface area contributed by atoms with Crippen LogP contribution < -0.4 is 5.73 Å². The summed E-state index contributed by atoms with van der Waals surface area (Å²) in [6.45, 7) is 1.57. The number of benzene rings is 1. The summed E-state index contributed by atoms with van der Waals surface area (Å²) in [7, 11) is -1.66. The Kier molecular flexibility index (Phi) is 5.59. The van der Waals surface area contributed by atoms with Crippen LogP contribution in [-0.4, -0.2) is 49.8 Å². The van der Waals surface area contributed by atoms with E-state index in [-0.39, 0.29) is 17.9 Å². The molecule has 5 nitrogen and oxygen atoms in total. The van der Waals surface area contributed by atoms with Crippen LogP contribution in [0.4, 0.5) is 0 Å². The molecule has 3 rings (SSSR count). The third kappa shape index (κ3) is 3.52. The highest BCUT2D eigenvalue weighted by molar-refractivity contribution is 7.86. The molecule has 1 heterocycles. The first kappa shape index (κ1) is 17.9. The third-order valence-electron chi connectivity index (χ3n) is 5.72. The summed E-state index contributed by atoms with van der Waals surface area (Å²) in [6.07, 6.45) is 5.43. The molecule has 0 radical (unpaired) electrons. The maximum absolute atomic E-state index is 13.1. The van der Waals surface area contributed by atoms with E-state index in [1.807, 2.05) is 18.2 Å². The van der Waals surface area contributed by atoms with Gasteiger partial charge in [-0.1, -0.05) is 49.6 Å². The fourth-order valence-electron chi connectivity index (χ4n) is 4.15. The summed E-state index contributed by atoms with van der Waals surface area (Å²) in [6, 6.07) is 10.3. The molecule has 0 aromatic heterocycles. The first-order chi connectivity index (χ1) is 11.5. The molecule has 2 fully saturated rings. The van der Waals surface area contributed by atoms with Crippen molar-refractivity contribution in [3.63, 3.8) is 0 Å². The largest absolute Gasteiger partial charge is 0.330 e. The first-order valence-electron chi connectivity index (χ1n) is 9.02. The number of nitrogens with zero attached hydrogens (tertiary/aromatic N) is 2. The quantitative estimate of drug-likeness (QED) is 0.884. The summed E-state index contributed by atoms with van der Waals surface area (Å²) >= 11 is 0. The van der Waals surface area contributed by atoms with Gasteiger partial charge in [0.15, 0.2) is 0 Å². The zero-order valence-electron chi connectivity index (χ0n) is 14.5. The van der Waals surface area contributed by atoms with Crippen molar-refractivity contribution in [2.45, 2.75) is 44.1 Å². The highest BCUT2D eigenvalue weighted by Crippen LogP contribution is 2.35. The maximum atomic E-state index is 13.1. The monoisotopic (exact) mass is 351 g/mol. The SMILES string of the molecule is CN(C1CCCCC1)S(=O)(=O)N1C[C@@H](CN)[C@H](c2ccccc2)C1. The molecule has 1 aliphatic heterocycles. The zero-order valence-corrected chi connectivity index (χ0v) is 15.3. The van der Waals surface area contributed by atoms with Gasteiger partial charge in [0, 0.05) is 32.1 Å². The minimum atomic E-state index is -3.41. The highest BCUT2D eigenvalue weighted by atomic mass is 32.2. The molecule has 2 atom stereocenters. The van der Waals surface area contributed by atoms with Crippen molar-refractivity contribution in [2.24, 2.45) is 11.7 Å². The standard InChI is InChI=1S/C18H29N3O2S/c1-20(17-10-6-3-7-11-17)24(22,23)21-13-16(12-19)18(14-21)15-8-4-2-5-9-15/h2,4-5,8-9,16-18H,3,6-7,10-14,19H2,1H3/t16-,18+/m1/s1. The van der Waals surface area contributed by atoms with Crippen molar-refractivity contribution in [1.29, 1.82) is 0 Å². The predicted molar refractivity (Wildman–Crippen MR) is 96.9 cm³/mol. The van der Waals surface area contributed by atoms with Crippen LogP contribution in [0.15, 0.2) is 30.3 Å². The van der Waals surface area contributed by atoms with Crippen molar-refractivity contribution >= 4 is 10.2 Å². The van der Waals surface area contributed by atoms with E-state index in [0.717, 1.165) is 25.7 Å². The van der Waals surface area contributed by atoms with Crippen molar-refractivity contribution in [1.82, 2.24) is 8.61 Å². The maximum Gasteiger partial charge on any atom is 0.282 e. The van der Waals surface area contributed by atoms with E-state index >= 15 is 0 Å². The van der Waals surface area contributed by atoms with Crippen LogP contribution in [0.3, 0.4) is 0 Å². The molecule has 0 bridgehead atoms. The van der Waals surface area contributed by atoms with Crippen LogP contribution in [-0.2, 0) is 10.2 Å². The molecule has 1 aliphatic carbocycles. The first-order valence-corrected chi connectivity index (χ1v) is 10.4. The minimum absolute atomic E-state index is 0.149. The molecule has 134 valence electrons. The van der Waals surface area contributed by atoms with Gasteiger partial charge < -0.3 is 5.73 Å². The van der Waals surface area contributed by atoms with E-state index in [1.54, 1.807) is 15.7 Å². The van der Waals surface area contributed by atoms with Gasteiger partial charge in [-0.3, -0.25) is 0 Å². The number of hydrogen-bond donors (Lipinski definition) is 1. The molecule has 2 aliphatic rings. The van der Waals surface area contributed by atoms with Gasteiger partial charge >= 0.3 is 0 Å². The van der Waals surface area contributed by atoms with E-state index in [4.69, 9.17) is 5.73 Å². The average Bonchev–Trinajstić information content (AvgIpc) is 3.08. The molecule has 6 heteroatoms. The smallest absolute Gasteiger partial charge is 0.282 e. The van der Waals surface area contributed by atoms with Crippen LogP contribution in [0, 0.1) is 5.92 Å². The lowest BCUT2D eigenvalue weighted by molar-refractivity contribution is 0.268. The molecule has 24 heavy (non-hydrogen) atoms. The van der Waals surface area contributed by atoms with Gasteiger partial charge in [-0.2, -0.15) is 17.0 Å². The molecule has 1 saturated heterocycles.